The van der Waals surface area contributed by atoms with Crippen LogP contribution in [0.5, 0.6) is 11.5 Å². The maximum atomic E-state index is 12.9. The van der Waals surface area contributed by atoms with Gasteiger partial charge in [0.1, 0.15) is 28.4 Å². The number of allylic oxidation sites excluding steroid dienone is 1. The highest BCUT2D eigenvalue weighted by atomic mass is 35.5. The van der Waals surface area contributed by atoms with Gasteiger partial charge in [0, 0.05) is 21.0 Å². The van der Waals surface area contributed by atoms with Crippen LogP contribution < -0.4 is 9.47 Å². The third-order valence-electron chi connectivity index (χ3n) is 5.08. The molecular weight excluding hydrogens is 475 g/mol. The van der Waals surface area contributed by atoms with Gasteiger partial charge in [0.05, 0.1) is 6.61 Å². The van der Waals surface area contributed by atoms with E-state index in [0.29, 0.717) is 61.6 Å². The SMILES string of the molecule is CCOc1ccc2oc(C)c(C(=O)Oc3ccc(C(=O)/C=C/c4ccc(Cl)cc4Cl)cc3)c2c1. The quantitative estimate of drug-likeness (QED) is 0.115. The topological polar surface area (TPSA) is 65.7 Å². The van der Waals surface area contributed by atoms with Crippen molar-refractivity contribution >= 4 is 52.0 Å². The summed E-state index contributed by atoms with van der Waals surface area (Å²) in [5.41, 5.74) is 2.02. The predicted octanol–water partition coefficient (Wildman–Crippen LogP) is 7.56. The Morgan fingerprint density at radius 2 is 1.71 bits per heavy atom. The molecule has 0 aliphatic rings. The Labute approximate surface area is 206 Å². The maximum Gasteiger partial charge on any atom is 0.347 e. The van der Waals surface area contributed by atoms with Gasteiger partial charge in [-0.1, -0.05) is 29.3 Å². The largest absolute Gasteiger partial charge is 0.494 e. The summed E-state index contributed by atoms with van der Waals surface area (Å²) in [7, 11) is 0. The van der Waals surface area contributed by atoms with Crippen LogP contribution in [0.1, 0.15) is 39.0 Å². The lowest BCUT2D eigenvalue weighted by atomic mass is 10.1. The first-order valence-electron chi connectivity index (χ1n) is 10.5. The molecule has 0 fully saturated rings. The van der Waals surface area contributed by atoms with Gasteiger partial charge in [-0.2, -0.15) is 0 Å². The summed E-state index contributed by atoms with van der Waals surface area (Å²) in [4.78, 5) is 25.4. The molecule has 0 atom stereocenters. The second-order valence-corrected chi connectivity index (χ2v) is 8.25. The molecule has 0 aliphatic carbocycles. The zero-order valence-electron chi connectivity index (χ0n) is 18.4. The van der Waals surface area contributed by atoms with Crippen molar-refractivity contribution in [2.45, 2.75) is 13.8 Å². The van der Waals surface area contributed by atoms with E-state index >= 15 is 0 Å². The molecule has 34 heavy (non-hydrogen) atoms. The van der Waals surface area contributed by atoms with Crippen molar-refractivity contribution in [3.8, 4) is 11.5 Å². The molecule has 0 amide bonds. The highest BCUT2D eigenvalue weighted by Gasteiger charge is 2.21. The lowest BCUT2D eigenvalue weighted by Gasteiger charge is -2.06. The van der Waals surface area contributed by atoms with Crippen LogP contribution in [-0.4, -0.2) is 18.4 Å². The van der Waals surface area contributed by atoms with E-state index in [-0.39, 0.29) is 5.78 Å². The molecule has 4 rings (SSSR count). The van der Waals surface area contributed by atoms with Gasteiger partial charge in [-0.3, -0.25) is 4.79 Å². The van der Waals surface area contributed by atoms with Crippen LogP contribution in [0.25, 0.3) is 17.0 Å². The van der Waals surface area contributed by atoms with E-state index in [4.69, 9.17) is 37.1 Å². The Hall–Kier alpha value is -3.54. The summed E-state index contributed by atoms with van der Waals surface area (Å²) in [5.74, 6) is 0.623. The molecular formula is C27H20Cl2O5. The number of ether oxygens (including phenoxy) is 2. The molecule has 0 aliphatic heterocycles. The minimum atomic E-state index is -0.554. The Morgan fingerprint density at radius 3 is 2.41 bits per heavy atom. The lowest BCUT2D eigenvalue weighted by molar-refractivity contribution is 0.0734. The van der Waals surface area contributed by atoms with Crippen LogP contribution >= 0.6 is 23.2 Å². The molecule has 0 unspecified atom stereocenters. The summed E-state index contributed by atoms with van der Waals surface area (Å²) in [5, 5.41) is 1.59. The van der Waals surface area contributed by atoms with Crippen molar-refractivity contribution in [2.24, 2.45) is 0 Å². The molecule has 1 aromatic heterocycles. The molecule has 5 nitrogen and oxygen atoms in total. The number of carbonyl (C=O) groups is 2. The van der Waals surface area contributed by atoms with Gasteiger partial charge in [0.15, 0.2) is 5.78 Å². The van der Waals surface area contributed by atoms with Crippen molar-refractivity contribution in [3.63, 3.8) is 0 Å². The number of esters is 1. The number of ketones is 1. The van der Waals surface area contributed by atoms with Gasteiger partial charge in [-0.25, -0.2) is 4.79 Å². The van der Waals surface area contributed by atoms with Crippen molar-refractivity contribution in [3.05, 3.63) is 99.2 Å². The molecule has 0 saturated carbocycles. The van der Waals surface area contributed by atoms with E-state index in [1.165, 1.54) is 6.08 Å². The molecule has 0 saturated heterocycles. The second kappa shape index (κ2) is 10.2. The normalized spacial score (nSPS) is 11.2. The molecule has 7 heteroatoms. The average molecular weight is 495 g/mol. The number of rotatable bonds is 7. The Balaban J connectivity index is 1.49. The first kappa shape index (κ1) is 23.6. The van der Waals surface area contributed by atoms with Crippen LogP contribution in [0.15, 0.2) is 71.2 Å². The third kappa shape index (κ3) is 5.16. The standard InChI is InChI=1S/C27H20Cl2O5/c1-3-32-21-11-13-25-22(15-21)26(16(2)33-25)27(31)34-20-9-5-18(6-10-20)24(30)12-7-17-4-8-19(28)14-23(17)29/h4-15H,3H2,1-2H3/b12-7+. The molecule has 4 aromatic rings. The number of aryl methyl sites for hydroxylation is 1. The van der Waals surface area contributed by atoms with Gasteiger partial charge in [-0.15, -0.1) is 0 Å². The summed E-state index contributed by atoms with van der Waals surface area (Å²) in [6.07, 6.45) is 3.05. The summed E-state index contributed by atoms with van der Waals surface area (Å²) in [6, 6.07) is 16.7. The number of fused-ring (bicyclic) bond motifs is 1. The smallest absolute Gasteiger partial charge is 0.347 e. The van der Waals surface area contributed by atoms with Crippen LogP contribution in [0, 0.1) is 6.92 Å². The van der Waals surface area contributed by atoms with Crippen molar-refractivity contribution < 1.29 is 23.5 Å². The molecule has 0 bridgehead atoms. The van der Waals surface area contributed by atoms with E-state index in [1.807, 2.05) is 6.92 Å². The fourth-order valence-corrected chi connectivity index (χ4v) is 3.92. The number of hydrogen-bond acceptors (Lipinski definition) is 5. The molecule has 172 valence electrons. The van der Waals surface area contributed by atoms with Gasteiger partial charge in [0.2, 0.25) is 0 Å². The number of carbonyl (C=O) groups excluding carboxylic acids is 2. The van der Waals surface area contributed by atoms with E-state index in [2.05, 4.69) is 0 Å². The van der Waals surface area contributed by atoms with Crippen LogP contribution in [0.3, 0.4) is 0 Å². The minimum absolute atomic E-state index is 0.219. The van der Waals surface area contributed by atoms with Crippen molar-refractivity contribution in [2.75, 3.05) is 6.61 Å². The zero-order valence-corrected chi connectivity index (χ0v) is 19.9. The van der Waals surface area contributed by atoms with Crippen LogP contribution in [0.2, 0.25) is 10.0 Å². The van der Waals surface area contributed by atoms with E-state index in [1.54, 1.807) is 73.7 Å². The highest BCUT2D eigenvalue weighted by molar-refractivity contribution is 6.35. The minimum Gasteiger partial charge on any atom is -0.494 e. The number of halogens is 2. The molecule has 0 spiro atoms. The number of furan rings is 1. The van der Waals surface area contributed by atoms with Gasteiger partial charge < -0.3 is 13.9 Å². The van der Waals surface area contributed by atoms with Crippen LogP contribution in [-0.2, 0) is 0 Å². The molecule has 0 N–H and O–H groups in total. The van der Waals surface area contributed by atoms with E-state index < -0.39 is 5.97 Å². The van der Waals surface area contributed by atoms with E-state index in [9.17, 15) is 9.59 Å². The van der Waals surface area contributed by atoms with Crippen LogP contribution in [0.4, 0.5) is 0 Å². The summed E-state index contributed by atoms with van der Waals surface area (Å²) < 4.78 is 16.8. The Kier molecular flexibility index (Phi) is 7.06. The lowest BCUT2D eigenvalue weighted by Crippen LogP contribution is -2.09. The fourth-order valence-electron chi connectivity index (χ4n) is 3.45. The van der Waals surface area contributed by atoms with Gasteiger partial charge >= 0.3 is 5.97 Å². The molecule has 3 aromatic carbocycles. The number of hydrogen-bond donors (Lipinski definition) is 0. The molecule has 1 heterocycles. The van der Waals surface area contributed by atoms with Crippen molar-refractivity contribution in [1.82, 2.24) is 0 Å². The average Bonchev–Trinajstić information content (AvgIpc) is 3.14. The monoisotopic (exact) mass is 494 g/mol. The summed E-state index contributed by atoms with van der Waals surface area (Å²) in [6.45, 7) is 4.10. The first-order valence-corrected chi connectivity index (χ1v) is 11.3. The number of benzene rings is 3. The first-order chi connectivity index (χ1) is 16.4. The predicted molar refractivity (Wildman–Crippen MR) is 133 cm³/mol. The third-order valence-corrected chi connectivity index (χ3v) is 5.64. The highest BCUT2D eigenvalue weighted by Crippen LogP contribution is 2.30. The summed E-state index contributed by atoms with van der Waals surface area (Å²) >= 11 is 12.0. The second-order valence-electron chi connectivity index (χ2n) is 7.40. The van der Waals surface area contributed by atoms with Crippen molar-refractivity contribution in [1.29, 1.82) is 0 Å². The Morgan fingerprint density at radius 1 is 0.971 bits per heavy atom. The Bertz CT molecular complexity index is 1400. The fraction of sp³-hybridized carbons (Fsp3) is 0.111. The van der Waals surface area contributed by atoms with Gasteiger partial charge in [0.25, 0.3) is 0 Å². The van der Waals surface area contributed by atoms with E-state index in [0.717, 1.165) is 0 Å². The van der Waals surface area contributed by atoms with Gasteiger partial charge in [-0.05, 0) is 86.2 Å². The molecule has 0 radical (unpaired) electrons. The maximum absolute atomic E-state index is 12.9. The zero-order chi connectivity index (χ0) is 24.2.